The third-order valence-electron chi connectivity index (χ3n) is 3.00. The van der Waals surface area contributed by atoms with Crippen LogP contribution in [0.25, 0.3) is 0 Å². The zero-order valence-electron chi connectivity index (χ0n) is 7.55. The zero-order valence-corrected chi connectivity index (χ0v) is 7.55. The van der Waals surface area contributed by atoms with E-state index in [1.165, 1.54) is 25.9 Å². The Balaban J connectivity index is 1.67. The maximum absolute atomic E-state index is 9.78. The lowest BCUT2D eigenvalue weighted by Crippen LogP contribution is -2.60. The molecule has 0 spiro atoms. The van der Waals surface area contributed by atoms with Gasteiger partial charge in [-0.1, -0.05) is 0 Å². The molecule has 2 aliphatic rings. The highest BCUT2D eigenvalue weighted by Crippen LogP contribution is 2.17. The standard InChI is InChI=1S/C9H18N2O/c12-9(7-10-8-9)3-6-11-4-1-2-5-11/h10,12H,1-8H2. The summed E-state index contributed by atoms with van der Waals surface area (Å²) in [6.07, 6.45) is 3.63. The first-order valence-corrected chi connectivity index (χ1v) is 4.94. The van der Waals surface area contributed by atoms with E-state index in [2.05, 4.69) is 10.2 Å². The van der Waals surface area contributed by atoms with Crippen molar-refractivity contribution in [2.45, 2.75) is 24.9 Å². The van der Waals surface area contributed by atoms with Crippen molar-refractivity contribution in [3.05, 3.63) is 0 Å². The average molecular weight is 170 g/mol. The van der Waals surface area contributed by atoms with Gasteiger partial charge in [0.1, 0.15) is 0 Å². The first kappa shape index (κ1) is 8.48. The molecule has 2 heterocycles. The van der Waals surface area contributed by atoms with Crippen LogP contribution in [0.4, 0.5) is 0 Å². The molecular formula is C9H18N2O. The average Bonchev–Trinajstić information content (AvgIpc) is 2.49. The first-order chi connectivity index (χ1) is 5.79. The van der Waals surface area contributed by atoms with E-state index < -0.39 is 0 Å². The lowest BCUT2D eigenvalue weighted by molar-refractivity contribution is -0.0229. The molecule has 12 heavy (non-hydrogen) atoms. The molecule has 0 unspecified atom stereocenters. The number of β-amino-alcohol motifs (C(OH)–C–C–N with tert-alkyl or cyclic N) is 1. The lowest BCUT2D eigenvalue weighted by Gasteiger charge is -2.38. The molecule has 0 aromatic rings. The summed E-state index contributed by atoms with van der Waals surface area (Å²) >= 11 is 0. The Morgan fingerprint density at radius 1 is 1.25 bits per heavy atom. The second-order valence-corrected chi connectivity index (χ2v) is 4.13. The zero-order chi connectivity index (χ0) is 8.44. The Bertz CT molecular complexity index is 151. The van der Waals surface area contributed by atoms with Crippen LogP contribution in [-0.2, 0) is 0 Å². The quantitative estimate of drug-likeness (QED) is 0.616. The van der Waals surface area contributed by atoms with Gasteiger partial charge in [-0.2, -0.15) is 0 Å². The molecule has 0 aromatic heterocycles. The van der Waals surface area contributed by atoms with Crippen LogP contribution in [0.2, 0.25) is 0 Å². The fourth-order valence-electron chi connectivity index (χ4n) is 1.96. The van der Waals surface area contributed by atoms with Crippen molar-refractivity contribution in [1.29, 1.82) is 0 Å². The Kier molecular flexibility index (Phi) is 2.35. The number of nitrogens with one attached hydrogen (secondary N) is 1. The van der Waals surface area contributed by atoms with Gasteiger partial charge in [0.25, 0.3) is 0 Å². The fraction of sp³-hybridized carbons (Fsp3) is 1.00. The number of likely N-dealkylation sites (tertiary alicyclic amines) is 1. The molecule has 2 N–H and O–H groups in total. The van der Waals surface area contributed by atoms with Gasteiger partial charge in [-0.15, -0.1) is 0 Å². The molecule has 2 saturated heterocycles. The normalized spacial score (nSPS) is 28.8. The number of hydrogen-bond donors (Lipinski definition) is 2. The van der Waals surface area contributed by atoms with Gasteiger partial charge in [-0.3, -0.25) is 0 Å². The van der Waals surface area contributed by atoms with Crippen molar-refractivity contribution < 1.29 is 5.11 Å². The topological polar surface area (TPSA) is 35.5 Å². The van der Waals surface area contributed by atoms with E-state index >= 15 is 0 Å². The molecule has 0 atom stereocenters. The Hall–Kier alpha value is -0.120. The summed E-state index contributed by atoms with van der Waals surface area (Å²) in [5, 5.41) is 12.9. The lowest BCUT2D eigenvalue weighted by atomic mass is 9.93. The van der Waals surface area contributed by atoms with Crippen molar-refractivity contribution in [1.82, 2.24) is 10.2 Å². The Labute approximate surface area is 73.8 Å². The van der Waals surface area contributed by atoms with Crippen LogP contribution in [0.5, 0.6) is 0 Å². The third-order valence-corrected chi connectivity index (χ3v) is 3.00. The second-order valence-electron chi connectivity index (χ2n) is 4.13. The van der Waals surface area contributed by atoms with E-state index in [1.54, 1.807) is 0 Å². The van der Waals surface area contributed by atoms with Crippen molar-refractivity contribution >= 4 is 0 Å². The van der Waals surface area contributed by atoms with Crippen LogP contribution < -0.4 is 5.32 Å². The number of nitrogens with zero attached hydrogens (tertiary/aromatic N) is 1. The smallest absolute Gasteiger partial charge is 0.0907 e. The number of aliphatic hydroxyl groups is 1. The van der Waals surface area contributed by atoms with Gasteiger partial charge in [0.05, 0.1) is 5.60 Å². The Morgan fingerprint density at radius 2 is 1.92 bits per heavy atom. The molecule has 3 heteroatoms. The number of rotatable bonds is 3. The molecule has 2 rings (SSSR count). The minimum absolute atomic E-state index is 0.372. The van der Waals surface area contributed by atoms with Crippen LogP contribution in [0, 0.1) is 0 Å². The highest BCUT2D eigenvalue weighted by Gasteiger charge is 2.34. The van der Waals surface area contributed by atoms with Crippen molar-refractivity contribution in [3.63, 3.8) is 0 Å². The van der Waals surface area contributed by atoms with E-state index in [9.17, 15) is 5.11 Å². The van der Waals surface area contributed by atoms with Crippen molar-refractivity contribution in [2.75, 3.05) is 32.7 Å². The molecule has 0 bridgehead atoms. The summed E-state index contributed by atoms with van der Waals surface area (Å²) in [6, 6.07) is 0. The molecule has 0 saturated carbocycles. The van der Waals surface area contributed by atoms with Gasteiger partial charge in [0.15, 0.2) is 0 Å². The molecule has 2 fully saturated rings. The molecule has 0 aromatic carbocycles. The molecule has 70 valence electrons. The summed E-state index contributed by atoms with van der Waals surface area (Å²) in [4.78, 5) is 2.45. The summed E-state index contributed by atoms with van der Waals surface area (Å²) in [5.41, 5.74) is -0.372. The summed E-state index contributed by atoms with van der Waals surface area (Å²) < 4.78 is 0. The van der Waals surface area contributed by atoms with E-state index in [0.29, 0.717) is 0 Å². The highest BCUT2D eigenvalue weighted by molar-refractivity contribution is 4.93. The van der Waals surface area contributed by atoms with Gasteiger partial charge in [-0.25, -0.2) is 0 Å². The molecular weight excluding hydrogens is 152 g/mol. The van der Waals surface area contributed by atoms with Crippen LogP contribution in [0.3, 0.4) is 0 Å². The van der Waals surface area contributed by atoms with Crippen LogP contribution in [0.15, 0.2) is 0 Å². The maximum atomic E-state index is 9.78. The third kappa shape index (κ3) is 1.79. The van der Waals surface area contributed by atoms with Crippen molar-refractivity contribution in [3.8, 4) is 0 Å². The predicted octanol–water partition coefficient (Wildman–Crippen LogP) is -0.193. The van der Waals surface area contributed by atoms with E-state index in [-0.39, 0.29) is 5.60 Å². The first-order valence-electron chi connectivity index (χ1n) is 4.94. The molecule has 2 aliphatic heterocycles. The minimum atomic E-state index is -0.372. The van der Waals surface area contributed by atoms with Gasteiger partial charge >= 0.3 is 0 Å². The highest BCUT2D eigenvalue weighted by atomic mass is 16.3. The van der Waals surface area contributed by atoms with Gasteiger partial charge in [0.2, 0.25) is 0 Å². The minimum Gasteiger partial charge on any atom is -0.387 e. The van der Waals surface area contributed by atoms with Crippen LogP contribution in [0.1, 0.15) is 19.3 Å². The second kappa shape index (κ2) is 3.32. The predicted molar refractivity (Wildman–Crippen MR) is 48.1 cm³/mol. The van der Waals surface area contributed by atoms with E-state index in [1.807, 2.05) is 0 Å². The molecule has 3 nitrogen and oxygen atoms in total. The summed E-state index contributed by atoms with van der Waals surface area (Å²) in [5.74, 6) is 0. The van der Waals surface area contributed by atoms with Gasteiger partial charge in [-0.05, 0) is 32.4 Å². The van der Waals surface area contributed by atoms with E-state index in [0.717, 1.165) is 26.1 Å². The maximum Gasteiger partial charge on any atom is 0.0907 e. The molecule has 0 amide bonds. The summed E-state index contributed by atoms with van der Waals surface area (Å²) in [6.45, 7) is 5.15. The van der Waals surface area contributed by atoms with Crippen LogP contribution >= 0.6 is 0 Å². The molecule has 0 radical (unpaired) electrons. The Morgan fingerprint density at radius 3 is 2.42 bits per heavy atom. The largest absolute Gasteiger partial charge is 0.387 e. The van der Waals surface area contributed by atoms with Gasteiger partial charge < -0.3 is 15.3 Å². The summed E-state index contributed by atoms with van der Waals surface area (Å²) in [7, 11) is 0. The monoisotopic (exact) mass is 170 g/mol. The van der Waals surface area contributed by atoms with Crippen molar-refractivity contribution in [2.24, 2.45) is 0 Å². The SMILES string of the molecule is OC1(CCN2CCCC2)CNC1. The van der Waals surface area contributed by atoms with E-state index in [4.69, 9.17) is 0 Å². The number of hydrogen-bond acceptors (Lipinski definition) is 3. The van der Waals surface area contributed by atoms with Crippen LogP contribution in [-0.4, -0.2) is 48.3 Å². The fourth-order valence-corrected chi connectivity index (χ4v) is 1.96. The molecule has 0 aliphatic carbocycles. The van der Waals surface area contributed by atoms with Gasteiger partial charge in [0, 0.05) is 19.6 Å².